The number of carbonyl (C=O) groups excluding carboxylic acids is 1. The summed E-state index contributed by atoms with van der Waals surface area (Å²) in [5, 5.41) is 11.0. The van der Waals surface area contributed by atoms with Crippen molar-refractivity contribution in [1.82, 2.24) is 24.6 Å². The van der Waals surface area contributed by atoms with Crippen molar-refractivity contribution in [2.45, 2.75) is 30.8 Å². The van der Waals surface area contributed by atoms with Gasteiger partial charge in [0, 0.05) is 39.2 Å². The normalized spacial score (nSPS) is 11.7. The molecule has 30 heavy (non-hydrogen) atoms. The summed E-state index contributed by atoms with van der Waals surface area (Å²) < 4.78 is 32.6. The van der Waals surface area contributed by atoms with Crippen molar-refractivity contribution < 1.29 is 17.9 Å². The van der Waals surface area contributed by atoms with Gasteiger partial charge in [-0.05, 0) is 30.7 Å². The molecule has 10 heteroatoms. The van der Waals surface area contributed by atoms with Gasteiger partial charge in [0.15, 0.2) is 0 Å². The fraction of sp³-hybridized carbons (Fsp3) is 0.350. The molecule has 1 N–H and O–H groups in total. The molecule has 0 bridgehead atoms. The number of aryl methyl sites for hydroxylation is 1. The van der Waals surface area contributed by atoms with Gasteiger partial charge in [-0.15, -0.1) is 5.10 Å². The third kappa shape index (κ3) is 4.77. The second kappa shape index (κ2) is 9.23. The minimum atomic E-state index is -3.53. The average Bonchev–Trinajstić information content (AvgIpc) is 3.14. The maximum absolute atomic E-state index is 12.3. The number of nitrogens with one attached hydrogen (secondary N) is 1. The Balaban J connectivity index is 1.56. The zero-order valence-electron chi connectivity index (χ0n) is 17.2. The molecule has 160 valence electrons. The van der Waals surface area contributed by atoms with Crippen LogP contribution >= 0.6 is 0 Å². The number of amides is 1. The summed E-state index contributed by atoms with van der Waals surface area (Å²) in [6.45, 7) is 0.899. The molecule has 0 radical (unpaired) electrons. The summed E-state index contributed by atoms with van der Waals surface area (Å²) >= 11 is 0. The number of hydrogen-bond acceptors (Lipinski definition) is 6. The Morgan fingerprint density at radius 2 is 1.97 bits per heavy atom. The summed E-state index contributed by atoms with van der Waals surface area (Å²) in [5.41, 5.74) is 2.14. The smallest absolute Gasteiger partial charge is 0.242 e. The third-order valence-corrected chi connectivity index (χ3v) is 6.52. The van der Waals surface area contributed by atoms with E-state index in [-0.39, 0.29) is 10.8 Å². The van der Waals surface area contributed by atoms with E-state index in [9.17, 15) is 13.2 Å². The number of methoxy groups -OCH3 is 1. The van der Waals surface area contributed by atoms with E-state index in [0.717, 1.165) is 21.1 Å². The van der Waals surface area contributed by atoms with Crippen LogP contribution in [0.5, 0.6) is 5.75 Å². The standard InChI is InChI=1S/C20H25N5O4S/c1-24(2)30(27,28)16-10-11-18-17(13-16)22-23-25(18)12-6-9-20(26)21-14-15-7-4-5-8-19(15)29-3/h4-5,7-8,10-11,13H,6,9,12,14H2,1-3H3,(H,21,26). The van der Waals surface area contributed by atoms with Crippen LogP contribution in [0.3, 0.4) is 0 Å². The quantitative estimate of drug-likeness (QED) is 0.554. The summed E-state index contributed by atoms with van der Waals surface area (Å²) in [5.74, 6) is 0.673. The molecule has 0 saturated carbocycles. The lowest BCUT2D eigenvalue weighted by molar-refractivity contribution is -0.121. The van der Waals surface area contributed by atoms with E-state index in [4.69, 9.17) is 4.74 Å². The minimum absolute atomic E-state index is 0.0651. The molecule has 0 aliphatic heterocycles. The second-order valence-corrected chi connectivity index (χ2v) is 9.09. The van der Waals surface area contributed by atoms with Gasteiger partial charge in [0.2, 0.25) is 15.9 Å². The van der Waals surface area contributed by atoms with Crippen molar-refractivity contribution in [3.63, 3.8) is 0 Å². The van der Waals surface area contributed by atoms with E-state index in [1.54, 1.807) is 17.9 Å². The van der Waals surface area contributed by atoms with Crippen LogP contribution < -0.4 is 10.1 Å². The highest BCUT2D eigenvalue weighted by Crippen LogP contribution is 2.20. The number of benzene rings is 2. The summed E-state index contributed by atoms with van der Waals surface area (Å²) in [7, 11) is 1.03. The number of fused-ring (bicyclic) bond motifs is 1. The highest BCUT2D eigenvalue weighted by atomic mass is 32.2. The van der Waals surface area contributed by atoms with Crippen molar-refractivity contribution in [2.75, 3.05) is 21.2 Å². The first kappa shape index (κ1) is 21.7. The lowest BCUT2D eigenvalue weighted by atomic mass is 10.2. The van der Waals surface area contributed by atoms with Crippen LogP contribution in [0.2, 0.25) is 0 Å². The lowest BCUT2D eigenvalue weighted by Crippen LogP contribution is -2.23. The van der Waals surface area contributed by atoms with Gasteiger partial charge in [-0.25, -0.2) is 17.4 Å². The van der Waals surface area contributed by atoms with Crippen LogP contribution in [0.4, 0.5) is 0 Å². The van der Waals surface area contributed by atoms with Crippen molar-refractivity contribution in [3.8, 4) is 5.75 Å². The lowest BCUT2D eigenvalue weighted by Gasteiger charge is -2.11. The number of hydrogen-bond donors (Lipinski definition) is 1. The number of nitrogens with zero attached hydrogens (tertiary/aromatic N) is 4. The maximum atomic E-state index is 12.3. The average molecular weight is 432 g/mol. The van der Waals surface area contributed by atoms with Gasteiger partial charge >= 0.3 is 0 Å². The SMILES string of the molecule is COc1ccccc1CNC(=O)CCCn1nnc2cc(S(=O)(=O)N(C)C)ccc21. The molecule has 3 rings (SSSR count). The van der Waals surface area contributed by atoms with Crippen LogP contribution in [0.15, 0.2) is 47.4 Å². The number of aromatic nitrogens is 3. The number of carbonyl (C=O) groups is 1. The van der Waals surface area contributed by atoms with Gasteiger partial charge in [-0.1, -0.05) is 23.4 Å². The van der Waals surface area contributed by atoms with Crippen LogP contribution in [0.1, 0.15) is 18.4 Å². The fourth-order valence-corrected chi connectivity index (χ4v) is 3.93. The molecular weight excluding hydrogens is 406 g/mol. The third-order valence-electron chi connectivity index (χ3n) is 4.71. The Labute approximate surface area is 175 Å². The molecule has 0 aliphatic carbocycles. The van der Waals surface area contributed by atoms with Gasteiger partial charge in [-0.3, -0.25) is 4.79 Å². The van der Waals surface area contributed by atoms with E-state index in [1.807, 2.05) is 24.3 Å². The van der Waals surface area contributed by atoms with Crippen LogP contribution in [0.25, 0.3) is 11.0 Å². The zero-order valence-corrected chi connectivity index (χ0v) is 18.0. The topological polar surface area (TPSA) is 106 Å². The summed E-state index contributed by atoms with van der Waals surface area (Å²) in [6, 6.07) is 12.3. The van der Waals surface area contributed by atoms with Crippen LogP contribution in [0, 0.1) is 0 Å². The Morgan fingerprint density at radius 1 is 1.20 bits per heavy atom. The molecule has 0 unspecified atom stereocenters. The van der Waals surface area contributed by atoms with E-state index in [0.29, 0.717) is 31.4 Å². The zero-order chi connectivity index (χ0) is 21.7. The molecule has 0 spiro atoms. The molecule has 0 atom stereocenters. The van der Waals surface area contributed by atoms with Crippen molar-refractivity contribution in [1.29, 1.82) is 0 Å². The monoisotopic (exact) mass is 431 g/mol. The Bertz CT molecular complexity index is 1140. The van der Waals surface area contributed by atoms with Gasteiger partial charge in [0.1, 0.15) is 11.3 Å². The van der Waals surface area contributed by atoms with Crippen molar-refractivity contribution in [3.05, 3.63) is 48.0 Å². The number of rotatable bonds is 9. The van der Waals surface area contributed by atoms with Crippen molar-refractivity contribution >= 4 is 27.0 Å². The first-order valence-corrected chi connectivity index (χ1v) is 10.9. The molecule has 0 aliphatic rings. The van der Waals surface area contributed by atoms with E-state index < -0.39 is 10.0 Å². The predicted octanol–water partition coefficient (Wildman–Crippen LogP) is 1.79. The summed E-state index contributed by atoms with van der Waals surface area (Å²) in [4.78, 5) is 12.3. The molecule has 1 amide bonds. The molecule has 2 aromatic carbocycles. The van der Waals surface area contributed by atoms with E-state index in [2.05, 4.69) is 15.6 Å². The van der Waals surface area contributed by atoms with Gasteiger partial charge in [0.05, 0.1) is 17.5 Å². The van der Waals surface area contributed by atoms with E-state index >= 15 is 0 Å². The van der Waals surface area contributed by atoms with Crippen molar-refractivity contribution in [2.24, 2.45) is 0 Å². The molecule has 0 fully saturated rings. The molecule has 1 aromatic heterocycles. The number of ether oxygens (including phenoxy) is 1. The maximum Gasteiger partial charge on any atom is 0.242 e. The van der Waals surface area contributed by atoms with Crippen LogP contribution in [-0.4, -0.2) is 54.8 Å². The highest BCUT2D eigenvalue weighted by Gasteiger charge is 2.18. The number of sulfonamides is 1. The van der Waals surface area contributed by atoms with Gasteiger partial charge in [-0.2, -0.15) is 0 Å². The number of para-hydroxylation sites is 1. The Hall–Kier alpha value is -2.98. The minimum Gasteiger partial charge on any atom is -0.496 e. The first-order valence-electron chi connectivity index (χ1n) is 9.47. The highest BCUT2D eigenvalue weighted by molar-refractivity contribution is 7.89. The largest absolute Gasteiger partial charge is 0.496 e. The molecule has 3 aromatic rings. The second-order valence-electron chi connectivity index (χ2n) is 6.94. The fourth-order valence-electron chi connectivity index (χ4n) is 3.01. The van der Waals surface area contributed by atoms with Gasteiger partial charge < -0.3 is 10.1 Å². The Morgan fingerprint density at radius 3 is 2.70 bits per heavy atom. The first-order chi connectivity index (χ1) is 14.3. The summed E-state index contributed by atoms with van der Waals surface area (Å²) in [6.07, 6.45) is 0.914. The van der Waals surface area contributed by atoms with Gasteiger partial charge in [0.25, 0.3) is 0 Å². The predicted molar refractivity (Wildman–Crippen MR) is 112 cm³/mol. The molecule has 9 nitrogen and oxygen atoms in total. The molecule has 1 heterocycles. The molecule has 0 saturated heterocycles. The van der Waals surface area contributed by atoms with E-state index in [1.165, 1.54) is 26.2 Å². The Kier molecular flexibility index (Phi) is 6.68. The molecular formula is C20H25N5O4S. The van der Waals surface area contributed by atoms with Crippen LogP contribution in [-0.2, 0) is 27.9 Å².